The number of nitrogens with zero attached hydrogens (tertiary/aromatic N) is 3. The van der Waals surface area contributed by atoms with Gasteiger partial charge in [0.25, 0.3) is 0 Å². The van der Waals surface area contributed by atoms with E-state index in [1.54, 1.807) is 23.3 Å². The first-order chi connectivity index (χ1) is 10.0. The molecule has 0 aliphatic carbocycles. The molecule has 0 bridgehead atoms. The second-order valence-electron chi connectivity index (χ2n) is 4.90. The first kappa shape index (κ1) is 15.7. The molecule has 1 fully saturated rings. The molecule has 0 spiro atoms. The van der Waals surface area contributed by atoms with Gasteiger partial charge in [0.2, 0.25) is 5.91 Å². The smallest absolute Gasteiger partial charge is 0.319 e. The van der Waals surface area contributed by atoms with Gasteiger partial charge in [-0.3, -0.25) is 9.69 Å². The lowest BCUT2D eigenvalue weighted by Gasteiger charge is -2.17. The summed E-state index contributed by atoms with van der Waals surface area (Å²) in [6, 6.07) is -0.242. The van der Waals surface area contributed by atoms with E-state index in [0.29, 0.717) is 26.4 Å². The Kier molecular flexibility index (Phi) is 5.13. The number of carbonyl (C=O) groups is 2. The van der Waals surface area contributed by atoms with Crippen LogP contribution in [0.15, 0.2) is 0 Å². The van der Waals surface area contributed by atoms with Crippen molar-refractivity contribution in [2.75, 3.05) is 33.5 Å². The van der Waals surface area contributed by atoms with E-state index >= 15 is 0 Å². The molecule has 0 unspecified atom stereocenters. The standard InChI is InChI=1S/C13H20N4O3S/c1-9-10(2)21-11(15-9)6-14-13(19)17-7-12(18)16(8-17)4-5-20-3/h4-8H2,1-3H3,(H,14,19). The van der Waals surface area contributed by atoms with Crippen LogP contribution in [0.4, 0.5) is 4.79 Å². The minimum atomic E-state index is -0.242. The van der Waals surface area contributed by atoms with Crippen LogP contribution in [0.2, 0.25) is 0 Å². The largest absolute Gasteiger partial charge is 0.383 e. The average molecular weight is 312 g/mol. The number of ether oxygens (including phenoxy) is 1. The van der Waals surface area contributed by atoms with E-state index in [9.17, 15) is 9.59 Å². The Balaban J connectivity index is 1.82. The van der Waals surface area contributed by atoms with Crippen LogP contribution in [-0.4, -0.2) is 60.2 Å². The van der Waals surface area contributed by atoms with Gasteiger partial charge in [-0.05, 0) is 13.8 Å². The number of hydrogen-bond donors (Lipinski definition) is 1. The van der Waals surface area contributed by atoms with E-state index in [1.165, 1.54) is 4.90 Å². The van der Waals surface area contributed by atoms with Crippen LogP contribution in [0.1, 0.15) is 15.6 Å². The summed E-state index contributed by atoms with van der Waals surface area (Å²) in [5, 5.41) is 3.68. The summed E-state index contributed by atoms with van der Waals surface area (Å²) < 4.78 is 4.95. The third-order valence-corrected chi connectivity index (χ3v) is 4.41. The third-order valence-electron chi connectivity index (χ3n) is 3.34. The number of carbonyl (C=O) groups excluding carboxylic acids is 2. The SMILES string of the molecule is COCCN1CN(C(=O)NCc2nc(C)c(C)s2)CC1=O. The number of nitrogens with one attached hydrogen (secondary N) is 1. The van der Waals surface area contributed by atoms with E-state index in [4.69, 9.17) is 4.74 Å². The van der Waals surface area contributed by atoms with Gasteiger partial charge in [0.1, 0.15) is 11.6 Å². The number of methoxy groups -OCH3 is 1. The fourth-order valence-electron chi connectivity index (χ4n) is 2.01. The molecule has 116 valence electrons. The predicted octanol–water partition coefficient (Wildman–Crippen LogP) is 0.718. The van der Waals surface area contributed by atoms with Crippen molar-refractivity contribution in [3.05, 3.63) is 15.6 Å². The van der Waals surface area contributed by atoms with Crippen molar-refractivity contribution in [2.45, 2.75) is 20.4 Å². The Morgan fingerprint density at radius 1 is 1.48 bits per heavy atom. The molecule has 0 aromatic carbocycles. The normalized spacial score (nSPS) is 14.9. The van der Waals surface area contributed by atoms with Gasteiger partial charge in [0.15, 0.2) is 0 Å². The lowest BCUT2D eigenvalue weighted by molar-refractivity contribution is -0.127. The maximum atomic E-state index is 12.1. The molecule has 1 aromatic heterocycles. The van der Waals surface area contributed by atoms with Gasteiger partial charge < -0.3 is 15.0 Å². The van der Waals surface area contributed by atoms with Crippen LogP contribution in [0.5, 0.6) is 0 Å². The van der Waals surface area contributed by atoms with Crippen molar-refractivity contribution >= 4 is 23.3 Å². The van der Waals surface area contributed by atoms with Crippen LogP contribution in [0.25, 0.3) is 0 Å². The molecule has 1 saturated heterocycles. The molecular weight excluding hydrogens is 292 g/mol. The zero-order valence-electron chi connectivity index (χ0n) is 12.5. The number of hydrogen-bond acceptors (Lipinski definition) is 5. The summed E-state index contributed by atoms with van der Waals surface area (Å²) in [7, 11) is 1.59. The van der Waals surface area contributed by atoms with E-state index in [2.05, 4.69) is 10.3 Å². The summed E-state index contributed by atoms with van der Waals surface area (Å²) in [5.74, 6) is -0.0527. The molecule has 8 heteroatoms. The molecule has 0 saturated carbocycles. The van der Waals surface area contributed by atoms with Crippen LogP contribution in [0.3, 0.4) is 0 Å². The Hall–Kier alpha value is -1.67. The molecule has 1 aliphatic heterocycles. The molecule has 2 heterocycles. The van der Waals surface area contributed by atoms with Crippen molar-refractivity contribution in [1.82, 2.24) is 20.1 Å². The minimum Gasteiger partial charge on any atom is -0.383 e. The second-order valence-corrected chi connectivity index (χ2v) is 6.19. The molecule has 21 heavy (non-hydrogen) atoms. The van der Waals surface area contributed by atoms with Crippen LogP contribution in [0, 0.1) is 13.8 Å². The number of aryl methyl sites for hydroxylation is 2. The Labute approximate surface area is 127 Å². The van der Waals surface area contributed by atoms with Gasteiger partial charge in [0.05, 0.1) is 25.5 Å². The molecule has 1 aromatic rings. The summed E-state index contributed by atoms with van der Waals surface area (Å²) >= 11 is 1.57. The molecule has 2 rings (SSSR count). The fourth-order valence-corrected chi connectivity index (χ4v) is 2.88. The fraction of sp³-hybridized carbons (Fsp3) is 0.615. The van der Waals surface area contributed by atoms with E-state index in [0.717, 1.165) is 15.6 Å². The average Bonchev–Trinajstić information content (AvgIpc) is 2.97. The van der Waals surface area contributed by atoms with Gasteiger partial charge >= 0.3 is 6.03 Å². The molecule has 0 radical (unpaired) electrons. The number of thiazole rings is 1. The van der Waals surface area contributed by atoms with Crippen LogP contribution < -0.4 is 5.32 Å². The van der Waals surface area contributed by atoms with Gasteiger partial charge in [0, 0.05) is 18.5 Å². The molecule has 7 nitrogen and oxygen atoms in total. The summed E-state index contributed by atoms with van der Waals surface area (Å²) in [6.45, 7) is 5.74. The maximum absolute atomic E-state index is 12.1. The highest BCUT2D eigenvalue weighted by molar-refractivity contribution is 7.11. The van der Waals surface area contributed by atoms with Crippen molar-refractivity contribution in [3.8, 4) is 0 Å². The third kappa shape index (κ3) is 3.92. The van der Waals surface area contributed by atoms with E-state index < -0.39 is 0 Å². The highest BCUT2D eigenvalue weighted by Crippen LogP contribution is 2.16. The molecule has 3 amide bonds. The van der Waals surface area contributed by atoms with E-state index in [1.807, 2.05) is 13.8 Å². The predicted molar refractivity (Wildman–Crippen MR) is 79.0 cm³/mol. The zero-order chi connectivity index (χ0) is 15.4. The highest BCUT2D eigenvalue weighted by atomic mass is 32.1. The molecule has 0 atom stereocenters. The summed E-state index contributed by atoms with van der Waals surface area (Å²) in [5.41, 5.74) is 0.992. The molecular formula is C13H20N4O3S. The van der Waals surface area contributed by atoms with Gasteiger partial charge in [-0.25, -0.2) is 9.78 Å². The van der Waals surface area contributed by atoms with Gasteiger partial charge in [-0.2, -0.15) is 0 Å². The topological polar surface area (TPSA) is 74.8 Å². The quantitative estimate of drug-likeness (QED) is 0.869. The number of aromatic nitrogens is 1. The molecule has 1 N–H and O–H groups in total. The summed E-state index contributed by atoms with van der Waals surface area (Å²) in [6.07, 6.45) is 0. The van der Waals surface area contributed by atoms with Crippen molar-refractivity contribution in [2.24, 2.45) is 0 Å². The zero-order valence-corrected chi connectivity index (χ0v) is 13.3. The van der Waals surface area contributed by atoms with Gasteiger partial charge in [-0.1, -0.05) is 0 Å². The van der Waals surface area contributed by atoms with Crippen LogP contribution in [-0.2, 0) is 16.1 Å². The first-order valence-corrected chi connectivity index (χ1v) is 7.55. The second kappa shape index (κ2) is 6.86. The van der Waals surface area contributed by atoms with Gasteiger partial charge in [-0.15, -0.1) is 11.3 Å². The highest BCUT2D eigenvalue weighted by Gasteiger charge is 2.30. The minimum absolute atomic E-state index is 0.0527. The number of amides is 3. The Morgan fingerprint density at radius 3 is 2.86 bits per heavy atom. The van der Waals surface area contributed by atoms with Crippen molar-refractivity contribution < 1.29 is 14.3 Å². The lowest BCUT2D eigenvalue weighted by Crippen LogP contribution is -2.39. The monoisotopic (exact) mass is 312 g/mol. The lowest BCUT2D eigenvalue weighted by atomic mass is 10.4. The van der Waals surface area contributed by atoms with Crippen molar-refractivity contribution in [1.29, 1.82) is 0 Å². The maximum Gasteiger partial charge on any atom is 0.319 e. The molecule has 1 aliphatic rings. The van der Waals surface area contributed by atoms with Crippen LogP contribution >= 0.6 is 11.3 Å². The Bertz CT molecular complexity index is 512. The Morgan fingerprint density at radius 2 is 2.24 bits per heavy atom. The first-order valence-electron chi connectivity index (χ1n) is 6.73. The number of rotatable bonds is 5. The number of urea groups is 1. The van der Waals surface area contributed by atoms with E-state index in [-0.39, 0.29) is 18.5 Å². The summed E-state index contributed by atoms with van der Waals surface area (Å²) in [4.78, 5) is 32.4. The van der Waals surface area contributed by atoms with Crippen molar-refractivity contribution in [3.63, 3.8) is 0 Å².